The number of aromatic carboxylic acids is 1. The predicted octanol–water partition coefficient (Wildman–Crippen LogP) is 2.85. The topological polar surface area (TPSA) is 57.6 Å². The van der Waals surface area contributed by atoms with Crippen molar-refractivity contribution in [2.24, 2.45) is 5.41 Å². The van der Waals surface area contributed by atoms with Gasteiger partial charge in [-0.2, -0.15) is 0 Å². The minimum atomic E-state index is -0.916. The molecule has 0 unspecified atom stereocenters. The number of nitrogens with zero attached hydrogens (tertiary/aromatic N) is 1. The molecule has 0 atom stereocenters. The molecule has 0 aromatic heterocycles. The molecule has 0 saturated heterocycles. The van der Waals surface area contributed by atoms with Gasteiger partial charge >= 0.3 is 5.97 Å². The lowest BCUT2D eigenvalue weighted by molar-refractivity contribution is -0.127. The zero-order valence-corrected chi connectivity index (χ0v) is 11.7. The van der Waals surface area contributed by atoms with Crippen molar-refractivity contribution in [2.75, 3.05) is 11.4 Å². The molecule has 106 valence electrons. The fourth-order valence-electron chi connectivity index (χ4n) is 3.44. The molecule has 3 rings (SSSR count). The van der Waals surface area contributed by atoms with E-state index in [-0.39, 0.29) is 11.3 Å². The number of carboxylic acid groups (broad SMARTS) is 1. The van der Waals surface area contributed by atoms with E-state index in [0.717, 1.165) is 43.4 Å². The Bertz CT molecular complexity index is 573. The molecular formula is C16H19NO3. The Hall–Kier alpha value is -1.84. The van der Waals surface area contributed by atoms with Crippen LogP contribution in [0, 0.1) is 5.41 Å². The Morgan fingerprint density at radius 3 is 2.60 bits per heavy atom. The SMILES string of the molecule is CC1(C(=O)N2CCc3cc(C(=O)O)ccc32)CCCC1. The van der Waals surface area contributed by atoms with Gasteiger partial charge in [0.25, 0.3) is 0 Å². The van der Waals surface area contributed by atoms with Crippen LogP contribution in [0.15, 0.2) is 18.2 Å². The van der Waals surface area contributed by atoms with Crippen molar-refractivity contribution in [3.05, 3.63) is 29.3 Å². The molecule has 20 heavy (non-hydrogen) atoms. The van der Waals surface area contributed by atoms with Gasteiger partial charge in [-0.05, 0) is 43.0 Å². The first-order valence-corrected chi connectivity index (χ1v) is 7.19. The van der Waals surface area contributed by atoms with Gasteiger partial charge in [-0.25, -0.2) is 4.79 Å². The van der Waals surface area contributed by atoms with Crippen LogP contribution in [-0.4, -0.2) is 23.5 Å². The fourth-order valence-corrected chi connectivity index (χ4v) is 3.44. The lowest BCUT2D eigenvalue weighted by atomic mass is 9.87. The summed E-state index contributed by atoms with van der Waals surface area (Å²) in [4.78, 5) is 25.6. The summed E-state index contributed by atoms with van der Waals surface area (Å²) in [5.41, 5.74) is 1.94. The summed E-state index contributed by atoms with van der Waals surface area (Å²) in [6.07, 6.45) is 4.93. The number of carbonyl (C=O) groups excluding carboxylic acids is 1. The molecule has 1 aromatic rings. The highest BCUT2D eigenvalue weighted by molar-refractivity contribution is 6.00. The molecule has 1 aliphatic heterocycles. The normalized spacial score (nSPS) is 19.9. The van der Waals surface area contributed by atoms with Crippen LogP contribution in [0.5, 0.6) is 0 Å². The summed E-state index contributed by atoms with van der Waals surface area (Å²) >= 11 is 0. The zero-order chi connectivity index (χ0) is 14.3. The second-order valence-corrected chi connectivity index (χ2v) is 6.12. The summed E-state index contributed by atoms with van der Waals surface area (Å²) < 4.78 is 0. The lowest BCUT2D eigenvalue weighted by Crippen LogP contribution is -2.40. The number of fused-ring (bicyclic) bond motifs is 1. The standard InChI is InChI=1S/C16H19NO3/c1-16(7-2-3-8-16)15(20)17-9-6-11-10-12(14(18)19)4-5-13(11)17/h4-5,10H,2-3,6-9H2,1H3,(H,18,19). The van der Waals surface area contributed by atoms with Crippen LogP contribution in [0.1, 0.15) is 48.5 Å². The van der Waals surface area contributed by atoms with Gasteiger partial charge in [0.15, 0.2) is 0 Å². The third-order valence-electron chi connectivity index (χ3n) is 4.69. The molecule has 2 aliphatic rings. The van der Waals surface area contributed by atoms with Gasteiger partial charge in [0.1, 0.15) is 0 Å². The average Bonchev–Trinajstić information content (AvgIpc) is 3.04. The van der Waals surface area contributed by atoms with Crippen LogP contribution in [0.25, 0.3) is 0 Å². The Balaban J connectivity index is 1.89. The molecule has 4 heteroatoms. The quantitative estimate of drug-likeness (QED) is 0.901. The van der Waals surface area contributed by atoms with Gasteiger partial charge in [-0.15, -0.1) is 0 Å². The zero-order valence-electron chi connectivity index (χ0n) is 11.7. The van der Waals surface area contributed by atoms with Crippen molar-refractivity contribution in [2.45, 2.75) is 39.0 Å². The van der Waals surface area contributed by atoms with Crippen LogP contribution in [0.4, 0.5) is 5.69 Å². The second-order valence-electron chi connectivity index (χ2n) is 6.12. The van der Waals surface area contributed by atoms with E-state index >= 15 is 0 Å². The van der Waals surface area contributed by atoms with Gasteiger partial charge in [0, 0.05) is 17.6 Å². The van der Waals surface area contributed by atoms with E-state index in [0.29, 0.717) is 12.1 Å². The number of benzene rings is 1. The highest BCUT2D eigenvalue weighted by atomic mass is 16.4. The van der Waals surface area contributed by atoms with Gasteiger partial charge in [-0.1, -0.05) is 19.8 Å². The number of anilines is 1. The third kappa shape index (κ3) is 1.99. The van der Waals surface area contributed by atoms with Crippen molar-refractivity contribution in [3.63, 3.8) is 0 Å². The van der Waals surface area contributed by atoms with Crippen molar-refractivity contribution in [3.8, 4) is 0 Å². The molecule has 0 spiro atoms. The second kappa shape index (κ2) is 4.62. The van der Waals surface area contributed by atoms with Crippen molar-refractivity contribution < 1.29 is 14.7 Å². The number of carboxylic acids is 1. The molecule has 1 fully saturated rings. The molecular weight excluding hydrogens is 254 g/mol. The molecule has 1 amide bonds. The lowest BCUT2D eigenvalue weighted by Gasteiger charge is -2.29. The minimum Gasteiger partial charge on any atom is -0.478 e. The molecule has 1 N–H and O–H groups in total. The maximum atomic E-state index is 12.8. The van der Waals surface area contributed by atoms with Crippen molar-refractivity contribution >= 4 is 17.6 Å². The van der Waals surface area contributed by atoms with Gasteiger partial charge in [0.2, 0.25) is 5.91 Å². The summed E-state index contributed by atoms with van der Waals surface area (Å²) in [6.45, 7) is 2.73. The molecule has 1 aromatic carbocycles. The first-order valence-electron chi connectivity index (χ1n) is 7.19. The first kappa shape index (κ1) is 13.2. The molecule has 0 bridgehead atoms. The van der Waals surface area contributed by atoms with E-state index in [4.69, 9.17) is 5.11 Å². The van der Waals surface area contributed by atoms with E-state index in [1.807, 2.05) is 4.90 Å². The van der Waals surface area contributed by atoms with Crippen LogP contribution in [0.3, 0.4) is 0 Å². The molecule has 1 heterocycles. The number of carbonyl (C=O) groups is 2. The van der Waals surface area contributed by atoms with Crippen LogP contribution in [0.2, 0.25) is 0 Å². The summed E-state index contributed by atoms with van der Waals surface area (Å²) in [7, 11) is 0. The van der Waals surface area contributed by atoms with E-state index < -0.39 is 5.97 Å². The fraction of sp³-hybridized carbons (Fsp3) is 0.500. The number of hydrogen-bond donors (Lipinski definition) is 1. The van der Waals surface area contributed by atoms with Gasteiger partial charge < -0.3 is 10.0 Å². The Kier molecular flexibility index (Phi) is 3.04. The smallest absolute Gasteiger partial charge is 0.335 e. The summed E-state index contributed by atoms with van der Waals surface area (Å²) in [5.74, 6) is -0.711. The van der Waals surface area contributed by atoms with Crippen LogP contribution >= 0.6 is 0 Å². The van der Waals surface area contributed by atoms with E-state index in [9.17, 15) is 9.59 Å². The third-order valence-corrected chi connectivity index (χ3v) is 4.69. The summed E-state index contributed by atoms with van der Waals surface area (Å²) in [6, 6.07) is 5.06. The van der Waals surface area contributed by atoms with Crippen LogP contribution in [-0.2, 0) is 11.2 Å². The largest absolute Gasteiger partial charge is 0.478 e. The van der Waals surface area contributed by atoms with E-state index in [1.54, 1.807) is 18.2 Å². The van der Waals surface area contributed by atoms with Gasteiger partial charge in [0.05, 0.1) is 5.56 Å². The molecule has 0 radical (unpaired) electrons. The monoisotopic (exact) mass is 273 g/mol. The maximum absolute atomic E-state index is 12.8. The Morgan fingerprint density at radius 1 is 1.25 bits per heavy atom. The summed E-state index contributed by atoms with van der Waals surface area (Å²) in [5, 5.41) is 9.02. The molecule has 1 aliphatic carbocycles. The van der Waals surface area contributed by atoms with E-state index in [2.05, 4.69) is 6.92 Å². The Morgan fingerprint density at radius 2 is 1.95 bits per heavy atom. The molecule has 4 nitrogen and oxygen atoms in total. The number of rotatable bonds is 2. The average molecular weight is 273 g/mol. The number of amides is 1. The number of hydrogen-bond acceptors (Lipinski definition) is 2. The Labute approximate surface area is 118 Å². The van der Waals surface area contributed by atoms with E-state index in [1.165, 1.54) is 0 Å². The van der Waals surface area contributed by atoms with Gasteiger partial charge in [-0.3, -0.25) is 4.79 Å². The predicted molar refractivity (Wildman–Crippen MR) is 76.0 cm³/mol. The molecule has 1 saturated carbocycles. The first-order chi connectivity index (χ1) is 9.51. The van der Waals surface area contributed by atoms with Crippen molar-refractivity contribution in [1.29, 1.82) is 0 Å². The van der Waals surface area contributed by atoms with Crippen LogP contribution < -0.4 is 4.90 Å². The maximum Gasteiger partial charge on any atom is 0.335 e. The highest BCUT2D eigenvalue weighted by Crippen LogP contribution is 2.41. The highest BCUT2D eigenvalue weighted by Gasteiger charge is 2.41. The minimum absolute atomic E-state index is 0.205. The van der Waals surface area contributed by atoms with Crippen molar-refractivity contribution in [1.82, 2.24) is 0 Å².